The Morgan fingerprint density at radius 1 is 1.15 bits per heavy atom. The molecule has 0 aliphatic rings. The van der Waals surface area contributed by atoms with Crippen LogP contribution in [0.15, 0.2) is 30.3 Å². The number of hydrogen-bond acceptors (Lipinski definition) is 1. The smallest absolute Gasteiger partial charge is 0.123 e. The minimum Gasteiger partial charge on any atom is -0.398 e. The van der Waals surface area contributed by atoms with E-state index in [0.717, 1.165) is 16.3 Å². The van der Waals surface area contributed by atoms with E-state index in [4.69, 9.17) is 5.73 Å². The average Bonchev–Trinajstić information content (AvgIpc) is 2.12. The molecule has 1 nitrogen and oxygen atoms in total. The molecule has 66 valence electrons. The summed E-state index contributed by atoms with van der Waals surface area (Å²) in [4.78, 5) is 0. The molecule has 0 atom stereocenters. The zero-order valence-corrected chi connectivity index (χ0v) is 7.34. The van der Waals surface area contributed by atoms with Gasteiger partial charge in [0.15, 0.2) is 0 Å². The monoisotopic (exact) mass is 175 g/mol. The van der Waals surface area contributed by atoms with Crippen molar-refractivity contribution < 1.29 is 4.39 Å². The van der Waals surface area contributed by atoms with Crippen molar-refractivity contribution in [2.45, 2.75) is 6.92 Å². The molecule has 0 aliphatic heterocycles. The number of halogens is 1. The van der Waals surface area contributed by atoms with Gasteiger partial charge in [0.1, 0.15) is 5.82 Å². The van der Waals surface area contributed by atoms with Gasteiger partial charge < -0.3 is 5.73 Å². The van der Waals surface area contributed by atoms with Gasteiger partial charge in [-0.1, -0.05) is 18.2 Å². The minimum atomic E-state index is -0.246. The van der Waals surface area contributed by atoms with Crippen LogP contribution in [0.3, 0.4) is 0 Å². The van der Waals surface area contributed by atoms with E-state index in [2.05, 4.69) is 0 Å². The summed E-state index contributed by atoms with van der Waals surface area (Å²) in [5.41, 5.74) is 7.47. The van der Waals surface area contributed by atoms with Crippen LogP contribution in [-0.4, -0.2) is 0 Å². The lowest BCUT2D eigenvalue weighted by atomic mass is 10.1. The van der Waals surface area contributed by atoms with E-state index in [1.54, 1.807) is 6.07 Å². The normalized spacial score (nSPS) is 10.6. The summed E-state index contributed by atoms with van der Waals surface area (Å²) in [5.74, 6) is -0.246. The number of anilines is 1. The van der Waals surface area contributed by atoms with E-state index in [1.165, 1.54) is 12.1 Å². The fraction of sp³-hybridized carbons (Fsp3) is 0.0909. The van der Waals surface area contributed by atoms with Crippen LogP contribution in [0.25, 0.3) is 10.8 Å². The van der Waals surface area contributed by atoms with E-state index < -0.39 is 0 Å². The second-order valence-corrected chi connectivity index (χ2v) is 3.16. The van der Waals surface area contributed by atoms with Crippen LogP contribution < -0.4 is 5.73 Å². The lowest BCUT2D eigenvalue weighted by molar-refractivity contribution is 0.630. The second-order valence-electron chi connectivity index (χ2n) is 3.16. The number of hydrogen-bond donors (Lipinski definition) is 1. The number of rotatable bonds is 0. The fourth-order valence-electron chi connectivity index (χ4n) is 1.42. The van der Waals surface area contributed by atoms with Gasteiger partial charge in [0.05, 0.1) is 0 Å². The van der Waals surface area contributed by atoms with Gasteiger partial charge in [-0.3, -0.25) is 0 Å². The second kappa shape index (κ2) is 2.73. The van der Waals surface area contributed by atoms with Gasteiger partial charge in [-0.2, -0.15) is 0 Å². The van der Waals surface area contributed by atoms with Crippen LogP contribution in [0, 0.1) is 12.7 Å². The molecule has 0 radical (unpaired) electrons. The summed E-state index contributed by atoms with van der Waals surface area (Å²) in [6, 6.07) is 8.53. The first-order valence-electron chi connectivity index (χ1n) is 4.13. The van der Waals surface area contributed by atoms with Crippen molar-refractivity contribution in [3.63, 3.8) is 0 Å². The van der Waals surface area contributed by atoms with E-state index in [9.17, 15) is 4.39 Å². The lowest BCUT2D eigenvalue weighted by Crippen LogP contribution is -1.91. The Balaban J connectivity index is 2.89. The number of fused-ring (bicyclic) bond motifs is 1. The molecule has 2 aromatic rings. The predicted octanol–water partition coefficient (Wildman–Crippen LogP) is 2.87. The minimum absolute atomic E-state index is 0.246. The predicted molar refractivity (Wildman–Crippen MR) is 53.1 cm³/mol. The van der Waals surface area contributed by atoms with E-state index in [1.807, 2.05) is 19.1 Å². The van der Waals surface area contributed by atoms with Gasteiger partial charge >= 0.3 is 0 Å². The van der Waals surface area contributed by atoms with Crippen molar-refractivity contribution >= 4 is 16.5 Å². The van der Waals surface area contributed by atoms with Gasteiger partial charge in [-0.05, 0) is 30.0 Å². The summed E-state index contributed by atoms with van der Waals surface area (Å²) in [5, 5.41) is 1.77. The summed E-state index contributed by atoms with van der Waals surface area (Å²) < 4.78 is 12.9. The first-order chi connectivity index (χ1) is 6.18. The number of nitrogen functional groups attached to an aromatic ring is 1. The highest BCUT2D eigenvalue weighted by Crippen LogP contribution is 2.24. The third kappa shape index (κ3) is 1.24. The maximum absolute atomic E-state index is 12.9. The molecule has 0 aliphatic carbocycles. The third-order valence-electron chi connectivity index (χ3n) is 2.24. The fourth-order valence-corrected chi connectivity index (χ4v) is 1.42. The quantitative estimate of drug-likeness (QED) is 0.612. The summed E-state index contributed by atoms with van der Waals surface area (Å²) >= 11 is 0. The Morgan fingerprint density at radius 2 is 1.85 bits per heavy atom. The van der Waals surface area contributed by atoms with Crippen molar-refractivity contribution in [2.24, 2.45) is 0 Å². The molecule has 0 heterocycles. The molecular weight excluding hydrogens is 165 g/mol. The van der Waals surface area contributed by atoms with Gasteiger partial charge in [-0.15, -0.1) is 0 Å². The van der Waals surface area contributed by atoms with Gasteiger partial charge in [0.2, 0.25) is 0 Å². The SMILES string of the molecule is Cc1ccc2ccc(F)cc2c1N. The summed E-state index contributed by atoms with van der Waals surface area (Å²) in [6.07, 6.45) is 0. The van der Waals surface area contributed by atoms with Crippen molar-refractivity contribution in [1.29, 1.82) is 0 Å². The molecule has 0 unspecified atom stereocenters. The molecule has 13 heavy (non-hydrogen) atoms. The first kappa shape index (κ1) is 8.05. The van der Waals surface area contributed by atoms with Crippen LogP contribution >= 0.6 is 0 Å². The van der Waals surface area contributed by atoms with Crippen LogP contribution in [-0.2, 0) is 0 Å². The Hall–Kier alpha value is -1.57. The molecule has 2 heteroatoms. The first-order valence-corrected chi connectivity index (χ1v) is 4.13. The summed E-state index contributed by atoms with van der Waals surface area (Å²) in [6.45, 7) is 1.92. The van der Waals surface area contributed by atoms with Crippen LogP contribution in [0.5, 0.6) is 0 Å². The van der Waals surface area contributed by atoms with Crippen molar-refractivity contribution in [2.75, 3.05) is 5.73 Å². The Bertz CT molecular complexity index is 458. The molecule has 0 saturated heterocycles. The largest absolute Gasteiger partial charge is 0.398 e. The van der Waals surface area contributed by atoms with Crippen molar-refractivity contribution in [1.82, 2.24) is 0 Å². The number of aryl methyl sites for hydroxylation is 1. The third-order valence-corrected chi connectivity index (χ3v) is 2.24. The molecule has 0 spiro atoms. The van der Waals surface area contributed by atoms with Crippen LogP contribution in [0.1, 0.15) is 5.56 Å². The Morgan fingerprint density at radius 3 is 2.62 bits per heavy atom. The zero-order chi connectivity index (χ0) is 9.42. The van der Waals surface area contributed by atoms with Crippen LogP contribution in [0.4, 0.5) is 10.1 Å². The highest BCUT2D eigenvalue weighted by molar-refractivity contribution is 5.94. The maximum atomic E-state index is 12.9. The van der Waals surface area contributed by atoms with E-state index >= 15 is 0 Å². The molecule has 2 N–H and O–H groups in total. The van der Waals surface area contributed by atoms with Gasteiger partial charge in [0, 0.05) is 11.1 Å². The van der Waals surface area contributed by atoms with Crippen molar-refractivity contribution in [3.05, 3.63) is 41.7 Å². The Kier molecular flexibility index (Phi) is 1.69. The zero-order valence-electron chi connectivity index (χ0n) is 7.34. The molecule has 2 aromatic carbocycles. The van der Waals surface area contributed by atoms with E-state index in [0.29, 0.717) is 5.69 Å². The van der Waals surface area contributed by atoms with Gasteiger partial charge in [0.25, 0.3) is 0 Å². The molecule has 0 saturated carbocycles. The number of nitrogens with two attached hydrogens (primary N) is 1. The molecule has 0 aromatic heterocycles. The van der Waals surface area contributed by atoms with Crippen LogP contribution in [0.2, 0.25) is 0 Å². The Labute approximate surface area is 76.0 Å². The standard InChI is InChI=1S/C11H10FN/c1-7-2-3-8-4-5-9(12)6-10(8)11(7)13/h2-6H,13H2,1H3. The van der Waals surface area contributed by atoms with Crippen molar-refractivity contribution in [3.8, 4) is 0 Å². The molecular formula is C11H10FN. The van der Waals surface area contributed by atoms with E-state index in [-0.39, 0.29) is 5.82 Å². The summed E-state index contributed by atoms with van der Waals surface area (Å²) in [7, 11) is 0. The molecule has 0 bridgehead atoms. The molecule has 0 amide bonds. The van der Waals surface area contributed by atoms with Gasteiger partial charge in [-0.25, -0.2) is 4.39 Å². The number of benzene rings is 2. The molecule has 0 fully saturated rings. The highest BCUT2D eigenvalue weighted by atomic mass is 19.1. The lowest BCUT2D eigenvalue weighted by Gasteiger charge is -2.04. The highest BCUT2D eigenvalue weighted by Gasteiger charge is 2.01. The maximum Gasteiger partial charge on any atom is 0.123 e. The molecule has 2 rings (SSSR count). The topological polar surface area (TPSA) is 26.0 Å². The average molecular weight is 175 g/mol.